The molecule has 0 radical (unpaired) electrons. The topological polar surface area (TPSA) is 0 Å². The molecule has 0 heteroatoms. The molecule has 8 atom stereocenters. The van der Waals surface area contributed by atoms with E-state index in [0.717, 1.165) is 29.6 Å². The van der Waals surface area contributed by atoms with Gasteiger partial charge in [0.25, 0.3) is 0 Å². The second-order valence-corrected chi connectivity index (χ2v) is 13.3. The highest BCUT2D eigenvalue weighted by Gasteiger charge is 2.65. The molecule has 0 heterocycles. The van der Waals surface area contributed by atoms with E-state index in [4.69, 9.17) is 0 Å². The average Bonchev–Trinajstić information content (AvgIpc) is 3.15. The maximum absolute atomic E-state index is 4.35. The first-order valence-corrected chi connectivity index (χ1v) is 13.6. The van der Waals surface area contributed by atoms with E-state index in [9.17, 15) is 0 Å². The first-order valence-electron chi connectivity index (χ1n) is 13.6. The summed E-state index contributed by atoms with van der Waals surface area (Å²) in [4.78, 5) is 0. The van der Waals surface area contributed by atoms with Gasteiger partial charge < -0.3 is 0 Å². The Hall–Kier alpha value is -0.520. The molecule has 0 aromatic rings. The molecule has 0 aromatic heterocycles. The highest BCUT2D eigenvalue weighted by molar-refractivity contribution is 5.24. The molecule has 168 valence electrons. The Bertz CT molecular complexity index is 726. The number of hydrogen-bond acceptors (Lipinski definition) is 0. The standard InChI is InChI=1S/C30H48/c1-7-10-21-14-18-29(6)25(27(21,3)4)16-19-28(5)23-15-20-30(8-2)17-9-11-24(30)22(23)12-13-26(28)29/h8,10,22-26H,2,7,9,11-20H2,1,3-6H3/b21-10+/t22?,23?,24-,25?,26?,28?,29?,30?/m1/s1. The number of allylic oxidation sites excluding steroid dienone is 3. The molecular weight excluding hydrogens is 360 g/mol. The molecule has 5 rings (SSSR count). The third-order valence-corrected chi connectivity index (χ3v) is 12.3. The molecule has 0 nitrogen and oxygen atoms in total. The third-order valence-electron chi connectivity index (χ3n) is 12.3. The van der Waals surface area contributed by atoms with Crippen LogP contribution in [-0.2, 0) is 0 Å². The van der Waals surface area contributed by atoms with E-state index in [1.807, 2.05) is 0 Å². The molecule has 0 bridgehead atoms. The Balaban J connectivity index is 1.47. The molecule has 5 aliphatic rings. The van der Waals surface area contributed by atoms with Gasteiger partial charge in [-0.3, -0.25) is 0 Å². The van der Waals surface area contributed by atoms with Crippen LogP contribution in [0.4, 0.5) is 0 Å². The Morgan fingerprint density at radius 1 is 0.833 bits per heavy atom. The lowest BCUT2D eigenvalue weighted by atomic mass is 9.36. The molecule has 5 saturated carbocycles. The summed E-state index contributed by atoms with van der Waals surface area (Å²) >= 11 is 0. The maximum atomic E-state index is 4.35. The van der Waals surface area contributed by atoms with Crippen LogP contribution in [0.5, 0.6) is 0 Å². The lowest BCUT2D eigenvalue weighted by Gasteiger charge is -2.69. The molecule has 0 N–H and O–H groups in total. The van der Waals surface area contributed by atoms with E-state index >= 15 is 0 Å². The van der Waals surface area contributed by atoms with Crippen LogP contribution in [0.1, 0.15) is 112 Å². The quantitative estimate of drug-likeness (QED) is 0.400. The summed E-state index contributed by atoms with van der Waals surface area (Å²) in [6.07, 6.45) is 22.3. The maximum Gasteiger partial charge on any atom is -0.00898 e. The molecule has 0 spiro atoms. The predicted molar refractivity (Wildman–Crippen MR) is 129 cm³/mol. The minimum atomic E-state index is 0.400. The summed E-state index contributed by atoms with van der Waals surface area (Å²) in [5.74, 6) is 4.77. The summed E-state index contributed by atoms with van der Waals surface area (Å²) in [5, 5.41) is 0. The lowest BCUT2D eigenvalue weighted by molar-refractivity contribution is -0.184. The molecule has 0 aliphatic heterocycles. The summed E-state index contributed by atoms with van der Waals surface area (Å²) in [5.41, 5.74) is 3.83. The van der Waals surface area contributed by atoms with Crippen molar-refractivity contribution >= 4 is 0 Å². The van der Waals surface area contributed by atoms with E-state index in [1.165, 1.54) is 77.0 Å². The molecule has 5 fully saturated rings. The van der Waals surface area contributed by atoms with E-state index in [-0.39, 0.29) is 0 Å². The van der Waals surface area contributed by atoms with Gasteiger partial charge in [0, 0.05) is 0 Å². The molecule has 0 aromatic carbocycles. The lowest BCUT2D eigenvalue weighted by Crippen LogP contribution is -2.61. The van der Waals surface area contributed by atoms with Crippen molar-refractivity contribution < 1.29 is 0 Å². The Morgan fingerprint density at radius 3 is 2.37 bits per heavy atom. The number of hydrogen-bond donors (Lipinski definition) is 0. The van der Waals surface area contributed by atoms with Crippen molar-refractivity contribution in [1.29, 1.82) is 0 Å². The van der Waals surface area contributed by atoms with Crippen molar-refractivity contribution in [3.8, 4) is 0 Å². The SMILES string of the molecule is C=CC12CCC[C@@H]1C1CCC3C(C)(CCC4C(C)(C)/C(=C/CC)CCC43C)C1CC2. The van der Waals surface area contributed by atoms with Crippen molar-refractivity contribution in [2.45, 2.75) is 112 Å². The van der Waals surface area contributed by atoms with Gasteiger partial charge in [-0.1, -0.05) is 58.8 Å². The smallest absolute Gasteiger partial charge is 0.00898 e. The van der Waals surface area contributed by atoms with Crippen LogP contribution >= 0.6 is 0 Å². The van der Waals surface area contributed by atoms with Gasteiger partial charge in [0.1, 0.15) is 0 Å². The van der Waals surface area contributed by atoms with E-state index < -0.39 is 0 Å². The molecule has 30 heavy (non-hydrogen) atoms. The van der Waals surface area contributed by atoms with Crippen LogP contribution in [0, 0.1) is 51.2 Å². The highest BCUT2D eigenvalue weighted by atomic mass is 14.7. The second-order valence-electron chi connectivity index (χ2n) is 13.3. The largest absolute Gasteiger partial charge is 0.103 e. The summed E-state index contributed by atoms with van der Waals surface area (Å²) in [7, 11) is 0. The fraction of sp³-hybridized carbons (Fsp3) is 0.867. The molecule has 0 saturated heterocycles. The van der Waals surface area contributed by atoms with Gasteiger partial charge in [-0.05, 0) is 122 Å². The van der Waals surface area contributed by atoms with Crippen molar-refractivity contribution in [3.63, 3.8) is 0 Å². The fourth-order valence-corrected chi connectivity index (χ4v) is 11.1. The second kappa shape index (κ2) is 6.99. The van der Waals surface area contributed by atoms with Crippen LogP contribution in [0.25, 0.3) is 0 Å². The van der Waals surface area contributed by atoms with Gasteiger partial charge in [0.15, 0.2) is 0 Å². The van der Waals surface area contributed by atoms with Gasteiger partial charge in [0.05, 0.1) is 0 Å². The number of fused-ring (bicyclic) bond motifs is 7. The van der Waals surface area contributed by atoms with Gasteiger partial charge in [0.2, 0.25) is 0 Å². The summed E-state index contributed by atoms with van der Waals surface area (Å²) < 4.78 is 0. The van der Waals surface area contributed by atoms with E-state index in [2.05, 4.69) is 53.3 Å². The van der Waals surface area contributed by atoms with Crippen LogP contribution in [-0.4, -0.2) is 0 Å². The number of rotatable bonds is 2. The normalized spacial score (nSPS) is 53.4. The Kier molecular flexibility index (Phi) is 4.97. The average molecular weight is 409 g/mol. The van der Waals surface area contributed by atoms with Gasteiger partial charge in [-0.15, -0.1) is 6.58 Å². The molecular formula is C30H48. The van der Waals surface area contributed by atoms with E-state index in [1.54, 1.807) is 5.57 Å². The minimum absolute atomic E-state index is 0.400. The monoisotopic (exact) mass is 408 g/mol. The zero-order chi connectivity index (χ0) is 21.4. The first-order chi connectivity index (χ1) is 14.2. The van der Waals surface area contributed by atoms with Crippen LogP contribution in [0.15, 0.2) is 24.3 Å². The Labute approximate surface area is 187 Å². The molecule has 7 unspecified atom stereocenters. The Morgan fingerprint density at radius 2 is 1.63 bits per heavy atom. The van der Waals surface area contributed by atoms with Crippen LogP contribution in [0.2, 0.25) is 0 Å². The first kappa shape index (κ1) is 21.3. The molecule has 5 aliphatic carbocycles. The zero-order valence-electron chi connectivity index (χ0n) is 20.7. The van der Waals surface area contributed by atoms with Crippen molar-refractivity contribution in [2.24, 2.45) is 51.2 Å². The van der Waals surface area contributed by atoms with Crippen molar-refractivity contribution in [1.82, 2.24) is 0 Å². The van der Waals surface area contributed by atoms with Crippen molar-refractivity contribution in [3.05, 3.63) is 24.3 Å². The fourth-order valence-electron chi connectivity index (χ4n) is 11.1. The van der Waals surface area contributed by atoms with Crippen molar-refractivity contribution in [2.75, 3.05) is 0 Å². The highest BCUT2D eigenvalue weighted by Crippen LogP contribution is 2.73. The summed E-state index contributed by atoms with van der Waals surface area (Å²) in [6, 6.07) is 0. The van der Waals surface area contributed by atoms with Gasteiger partial charge in [-0.25, -0.2) is 0 Å². The predicted octanol–water partition coefficient (Wildman–Crippen LogP) is 8.97. The van der Waals surface area contributed by atoms with Gasteiger partial charge in [-0.2, -0.15) is 0 Å². The van der Waals surface area contributed by atoms with Crippen LogP contribution < -0.4 is 0 Å². The third kappa shape index (κ3) is 2.64. The zero-order valence-corrected chi connectivity index (χ0v) is 20.7. The van der Waals surface area contributed by atoms with Crippen LogP contribution in [0.3, 0.4) is 0 Å². The molecule has 0 amide bonds. The van der Waals surface area contributed by atoms with E-state index in [0.29, 0.717) is 21.7 Å². The minimum Gasteiger partial charge on any atom is -0.103 e. The van der Waals surface area contributed by atoms with Gasteiger partial charge >= 0.3 is 0 Å². The summed E-state index contributed by atoms with van der Waals surface area (Å²) in [6.45, 7) is 17.4.